The number of rotatable bonds is 0. The van der Waals surface area contributed by atoms with Gasteiger partial charge in [0, 0.05) is 11.4 Å². The van der Waals surface area contributed by atoms with E-state index in [1.54, 1.807) is 0 Å². The Hall–Kier alpha value is -0.930. The standard InChI is InChI=1S/C8H12N2.C3H5ClO/c1-5-3-4-7(9)6(2)8(5)10;1-2-3(4)5-2/h3-4H,9-10H2,1-2H3;2-3H,1H3. The molecule has 0 aliphatic carbocycles. The monoisotopic (exact) mass is 228 g/mol. The van der Waals surface area contributed by atoms with Crippen LogP contribution in [0.1, 0.15) is 18.1 Å². The first-order valence-electron chi connectivity index (χ1n) is 4.84. The van der Waals surface area contributed by atoms with Crippen LogP contribution < -0.4 is 11.5 Å². The molecule has 1 fully saturated rings. The van der Waals surface area contributed by atoms with Gasteiger partial charge in [0.05, 0.1) is 6.10 Å². The topological polar surface area (TPSA) is 64.6 Å². The van der Waals surface area contributed by atoms with Crippen LogP contribution in [0.4, 0.5) is 11.4 Å². The number of anilines is 2. The van der Waals surface area contributed by atoms with Crippen LogP contribution in [-0.2, 0) is 4.74 Å². The van der Waals surface area contributed by atoms with Crippen molar-refractivity contribution < 1.29 is 4.74 Å². The van der Waals surface area contributed by atoms with E-state index in [0.717, 1.165) is 22.5 Å². The van der Waals surface area contributed by atoms with E-state index in [-0.39, 0.29) is 5.56 Å². The van der Waals surface area contributed by atoms with Crippen molar-refractivity contribution in [3.8, 4) is 0 Å². The Labute approximate surface area is 95.4 Å². The summed E-state index contributed by atoms with van der Waals surface area (Å²) in [6, 6.07) is 3.80. The molecule has 4 heteroatoms. The SMILES string of the molecule is CC1OC1Cl.Cc1ccc(N)c(C)c1N. The van der Waals surface area contributed by atoms with Gasteiger partial charge in [-0.05, 0) is 38.0 Å². The normalized spacial score (nSPS) is 22.9. The highest BCUT2D eigenvalue weighted by Crippen LogP contribution is 2.23. The number of aryl methyl sites for hydroxylation is 1. The number of benzene rings is 1. The predicted octanol–water partition coefficient (Wildman–Crippen LogP) is 2.44. The van der Waals surface area contributed by atoms with Gasteiger partial charge in [0.1, 0.15) is 0 Å². The Balaban J connectivity index is 0.000000187. The van der Waals surface area contributed by atoms with Crippen molar-refractivity contribution in [1.82, 2.24) is 0 Å². The molecular weight excluding hydrogens is 212 g/mol. The van der Waals surface area contributed by atoms with Gasteiger partial charge in [-0.3, -0.25) is 0 Å². The lowest BCUT2D eigenvalue weighted by Crippen LogP contribution is -1.97. The summed E-state index contributed by atoms with van der Waals surface area (Å²) in [4.78, 5) is 0. The third kappa shape index (κ3) is 3.29. The second kappa shape index (κ2) is 4.73. The minimum absolute atomic E-state index is 0.0231. The molecule has 1 heterocycles. The molecule has 2 rings (SSSR count). The predicted molar refractivity (Wildman–Crippen MR) is 64.9 cm³/mol. The fraction of sp³-hybridized carbons (Fsp3) is 0.455. The van der Waals surface area contributed by atoms with E-state index in [4.69, 9.17) is 23.1 Å². The first-order chi connectivity index (χ1) is 6.93. The van der Waals surface area contributed by atoms with Crippen LogP contribution in [0.2, 0.25) is 0 Å². The maximum Gasteiger partial charge on any atom is 0.157 e. The van der Waals surface area contributed by atoms with Crippen molar-refractivity contribution in [2.24, 2.45) is 0 Å². The van der Waals surface area contributed by atoms with Crippen molar-refractivity contribution in [2.75, 3.05) is 11.5 Å². The second-order valence-electron chi connectivity index (χ2n) is 3.70. The molecule has 0 saturated carbocycles. The molecule has 1 aromatic carbocycles. The fourth-order valence-corrected chi connectivity index (χ4v) is 1.20. The average molecular weight is 229 g/mol. The van der Waals surface area contributed by atoms with Crippen LogP contribution >= 0.6 is 11.6 Å². The van der Waals surface area contributed by atoms with Gasteiger partial charge in [0.15, 0.2) is 5.56 Å². The molecular formula is C11H17ClN2O. The Kier molecular flexibility index (Phi) is 3.83. The van der Waals surface area contributed by atoms with Gasteiger partial charge < -0.3 is 16.2 Å². The van der Waals surface area contributed by atoms with Gasteiger partial charge >= 0.3 is 0 Å². The Morgan fingerprint density at radius 2 is 1.73 bits per heavy atom. The van der Waals surface area contributed by atoms with Crippen molar-refractivity contribution in [2.45, 2.75) is 32.4 Å². The number of nitrogen functional groups attached to an aromatic ring is 2. The minimum Gasteiger partial charge on any atom is -0.398 e. The number of ether oxygens (including phenoxy) is 1. The highest BCUT2D eigenvalue weighted by molar-refractivity contribution is 6.21. The highest BCUT2D eigenvalue weighted by Gasteiger charge is 2.30. The van der Waals surface area contributed by atoms with Crippen LogP contribution in [0.15, 0.2) is 12.1 Å². The van der Waals surface area contributed by atoms with E-state index in [1.165, 1.54) is 0 Å². The van der Waals surface area contributed by atoms with E-state index in [1.807, 2.05) is 32.9 Å². The summed E-state index contributed by atoms with van der Waals surface area (Å²) in [5.41, 5.74) is 15.0. The molecule has 0 spiro atoms. The molecule has 1 saturated heterocycles. The van der Waals surface area contributed by atoms with Crippen LogP contribution in [0.5, 0.6) is 0 Å². The van der Waals surface area contributed by atoms with Crippen molar-refractivity contribution in [3.05, 3.63) is 23.3 Å². The van der Waals surface area contributed by atoms with Gasteiger partial charge in [0.25, 0.3) is 0 Å². The number of hydrogen-bond acceptors (Lipinski definition) is 3. The molecule has 1 aliphatic heterocycles. The number of halogens is 1. The summed E-state index contributed by atoms with van der Waals surface area (Å²) in [5, 5.41) is 0. The maximum atomic E-state index is 5.70. The van der Waals surface area contributed by atoms with Crippen molar-refractivity contribution in [3.63, 3.8) is 0 Å². The van der Waals surface area contributed by atoms with Gasteiger partial charge in [-0.25, -0.2) is 0 Å². The van der Waals surface area contributed by atoms with Crippen LogP contribution in [0.3, 0.4) is 0 Å². The summed E-state index contributed by atoms with van der Waals surface area (Å²) in [5.74, 6) is 0. The number of alkyl halides is 1. The van der Waals surface area contributed by atoms with E-state index in [9.17, 15) is 0 Å². The Morgan fingerprint density at radius 3 is 2.07 bits per heavy atom. The van der Waals surface area contributed by atoms with Crippen LogP contribution in [-0.4, -0.2) is 11.7 Å². The average Bonchev–Trinajstić information content (AvgIpc) is 2.84. The van der Waals surface area contributed by atoms with Gasteiger partial charge in [0.2, 0.25) is 0 Å². The second-order valence-corrected chi connectivity index (χ2v) is 4.13. The molecule has 1 aliphatic rings. The largest absolute Gasteiger partial charge is 0.398 e. The highest BCUT2D eigenvalue weighted by atomic mass is 35.5. The first-order valence-corrected chi connectivity index (χ1v) is 5.27. The molecule has 0 aromatic heterocycles. The summed E-state index contributed by atoms with van der Waals surface area (Å²) in [6.45, 7) is 5.84. The zero-order chi connectivity index (χ0) is 11.6. The minimum atomic E-state index is 0.0231. The van der Waals surface area contributed by atoms with E-state index < -0.39 is 0 Å². The summed E-state index contributed by atoms with van der Waals surface area (Å²) in [7, 11) is 0. The smallest absolute Gasteiger partial charge is 0.157 e. The van der Waals surface area contributed by atoms with Crippen molar-refractivity contribution in [1.29, 1.82) is 0 Å². The molecule has 84 valence electrons. The number of nitrogens with two attached hydrogens (primary N) is 2. The molecule has 0 radical (unpaired) electrons. The van der Waals surface area contributed by atoms with Gasteiger partial charge in [-0.15, -0.1) is 0 Å². The summed E-state index contributed by atoms with van der Waals surface area (Å²) < 4.78 is 4.68. The molecule has 3 nitrogen and oxygen atoms in total. The summed E-state index contributed by atoms with van der Waals surface area (Å²) >= 11 is 5.31. The zero-order valence-corrected chi connectivity index (χ0v) is 10.0. The molecule has 0 amide bonds. The quantitative estimate of drug-likeness (QED) is 0.407. The Morgan fingerprint density at radius 1 is 1.27 bits per heavy atom. The molecule has 1 aromatic rings. The number of hydrogen-bond donors (Lipinski definition) is 2. The van der Waals surface area contributed by atoms with Crippen LogP contribution in [0.25, 0.3) is 0 Å². The molecule has 2 unspecified atom stereocenters. The lowest BCUT2D eigenvalue weighted by molar-refractivity contribution is 0.411. The zero-order valence-electron chi connectivity index (χ0n) is 9.25. The van der Waals surface area contributed by atoms with E-state index in [2.05, 4.69) is 4.74 Å². The summed E-state index contributed by atoms with van der Waals surface area (Å²) in [6.07, 6.45) is 0.316. The van der Waals surface area contributed by atoms with Crippen LogP contribution in [0, 0.1) is 13.8 Å². The molecule has 15 heavy (non-hydrogen) atoms. The molecule has 0 bridgehead atoms. The number of epoxide rings is 1. The molecule has 2 atom stereocenters. The Bertz CT molecular complexity index is 322. The van der Waals surface area contributed by atoms with Gasteiger partial charge in [-0.2, -0.15) is 0 Å². The van der Waals surface area contributed by atoms with E-state index in [0.29, 0.717) is 6.10 Å². The van der Waals surface area contributed by atoms with E-state index >= 15 is 0 Å². The molecule has 4 N–H and O–H groups in total. The lowest BCUT2D eigenvalue weighted by Gasteiger charge is -2.05. The fourth-order valence-electron chi connectivity index (χ4n) is 1.04. The maximum absolute atomic E-state index is 5.70. The lowest BCUT2D eigenvalue weighted by atomic mass is 10.1. The third-order valence-electron chi connectivity index (χ3n) is 2.41. The van der Waals surface area contributed by atoms with Gasteiger partial charge in [-0.1, -0.05) is 17.7 Å². The first kappa shape index (κ1) is 12.1. The van der Waals surface area contributed by atoms with Crippen molar-refractivity contribution >= 4 is 23.0 Å². The third-order valence-corrected chi connectivity index (χ3v) is 2.87.